The molecule has 0 spiro atoms. The van der Waals surface area contributed by atoms with E-state index in [1.807, 2.05) is 86.6 Å². The van der Waals surface area contributed by atoms with Gasteiger partial charge in [0, 0.05) is 28.0 Å². The van der Waals surface area contributed by atoms with E-state index in [9.17, 15) is 9.59 Å². The monoisotopic (exact) mass is 451 g/mol. The molecule has 34 heavy (non-hydrogen) atoms. The van der Waals surface area contributed by atoms with E-state index >= 15 is 0 Å². The molecule has 3 aromatic rings. The Morgan fingerprint density at radius 2 is 1.59 bits per heavy atom. The molecule has 2 aliphatic rings. The van der Waals surface area contributed by atoms with Crippen LogP contribution in [-0.2, 0) is 16.1 Å². The quantitative estimate of drug-likeness (QED) is 0.532. The molecule has 5 rings (SSSR count). The molecule has 3 aromatic carbocycles. The summed E-state index contributed by atoms with van der Waals surface area (Å²) in [6.45, 7) is 4.25. The molecule has 5 heteroatoms. The number of ether oxygens (including phenoxy) is 2. The van der Waals surface area contributed by atoms with Gasteiger partial charge in [0.15, 0.2) is 5.78 Å². The number of fused-ring (bicyclic) bond motifs is 2. The Labute approximate surface area is 198 Å². The predicted octanol–water partition coefficient (Wildman–Crippen LogP) is 5.32. The molecule has 0 amide bonds. The topological polar surface area (TPSA) is 64.6 Å². The van der Waals surface area contributed by atoms with Crippen molar-refractivity contribution in [2.24, 2.45) is 0 Å². The first kappa shape index (κ1) is 21.7. The average molecular weight is 452 g/mol. The molecule has 0 bridgehead atoms. The highest BCUT2D eigenvalue weighted by Gasteiger charge is 2.43. The fourth-order valence-electron chi connectivity index (χ4n) is 4.72. The van der Waals surface area contributed by atoms with Gasteiger partial charge >= 0.3 is 5.97 Å². The fourth-order valence-corrected chi connectivity index (χ4v) is 4.72. The molecule has 170 valence electrons. The Kier molecular flexibility index (Phi) is 5.54. The molecule has 1 aliphatic carbocycles. The minimum absolute atomic E-state index is 0.0923. The van der Waals surface area contributed by atoms with Crippen LogP contribution in [0.3, 0.4) is 0 Å². The van der Waals surface area contributed by atoms with Gasteiger partial charge in [-0.25, -0.2) is 4.79 Å². The molecule has 1 heterocycles. The second-order valence-corrected chi connectivity index (χ2v) is 8.56. The number of Topliss-reactive ketones (excluding diaryl/α,β-unsaturated/α-hetero) is 1. The number of carbonyl (C=O) groups excluding carboxylic acids is 2. The summed E-state index contributed by atoms with van der Waals surface area (Å²) in [6.07, 6.45) is 0. The number of hydrogen-bond donors (Lipinski definition) is 1. The maximum absolute atomic E-state index is 13.6. The van der Waals surface area contributed by atoms with Gasteiger partial charge in [-0.3, -0.25) is 4.79 Å². The van der Waals surface area contributed by atoms with Crippen LogP contribution in [0.15, 0.2) is 89.6 Å². The predicted molar refractivity (Wildman–Crippen MR) is 130 cm³/mol. The maximum Gasteiger partial charge on any atom is 0.336 e. The van der Waals surface area contributed by atoms with Gasteiger partial charge in [-0.15, -0.1) is 0 Å². The lowest BCUT2D eigenvalue weighted by atomic mass is 9.79. The lowest BCUT2D eigenvalue weighted by molar-refractivity contribution is -0.136. The van der Waals surface area contributed by atoms with E-state index in [0.29, 0.717) is 34.8 Å². The highest BCUT2D eigenvalue weighted by Crippen LogP contribution is 2.48. The van der Waals surface area contributed by atoms with E-state index in [1.54, 1.807) is 0 Å². The van der Waals surface area contributed by atoms with Crippen LogP contribution in [0.2, 0.25) is 0 Å². The molecule has 0 aromatic heterocycles. The lowest BCUT2D eigenvalue weighted by Crippen LogP contribution is -2.29. The van der Waals surface area contributed by atoms with Crippen LogP contribution in [0.1, 0.15) is 45.5 Å². The number of aryl methyl sites for hydroxylation is 1. The molecular weight excluding hydrogens is 426 g/mol. The van der Waals surface area contributed by atoms with Gasteiger partial charge in [-0.05, 0) is 25.5 Å². The normalized spacial score (nSPS) is 16.7. The van der Waals surface area contributed by atoms with Gasteiger partial charge in [0.2, 0.25) is 0 Å². The van der Waals surface area contributed by atoms with Crippen molar-refractivity contribution in [3.05, 3.63) is 117 Å². The maximum atomic E-state index is 13.6. The smallest absolute Gasteiger partial charge is 0.336 e. The Morgan fingerprint density at radius 1 is 0.912 bits per heavy atom. The third-order valence-electron chi connectivity index (χ3n) is 6.40. The van der Waals surface area contributed by atoms with Crippen LogP contribution < -0.4 is 10.1 Å². The summed E-state index contributed by atoms with van der Waals surface area (Å²) in [6, 6.07) is 23.2. The zero-order valence-electron chi connectivity index (χ0n) is 19.3. The van der Waals surface area contributed by atoms with Crippen molar-refractivity contribution in [3.63, 3.8) is 0 Å². The SMILES string of the molecule is COC(=O)C1=C(C)NC2=C(C(=O)c3ccccc32)C1c1ccccc1OCc1ccc(C)cc1. The molecule has 1 unspecified atom stereocenters. The number of hydrogen-bond acceptors (Lipinski definition) is 5. The van der Waals surface area contributed by atoms with Gasteiger partial charge in [-0.1, -0.05) is 72.3 Å². The van der Waals surface area contributed by atoms with Crippen LogP contribution in [0.5, 0.6) is 5.75 Å². The Morgan fingerprint density at radius 3 is 2.32 bits per heavy atom. The van der Waals surface area contributed by atoms with Crippen molar-refractivity contribution in [3.8, 4) is 5.75 Å². The van der Waals surface area contributed by atoms with Gasteiger partial charge in [0.1, 0.15) is 12.4 Å². The summed E-state index contributed by atoms with van der Waals surface area (Å²) in [5.74, 6) is -0.554. The first-order valence-electron chi connectivity index (χ1n) is 11.2. The minimum atomic E-state index is -0.613. The third kappa shape index (κ3) is 3.59. The summed E-state index contributed by atoms with van der Waals surface area (Å²) < 4.78 is 11.4. The van der Waals surface area contributed by atoms with Crippen molar-refractivity contribution in [2.75, 3.05) is 7.11 Å². The Bertz CT molecular complexity index is 1360. The summed E-state index contributed by atoms with van der Waals surface area (Å²) >= 11 is 0. The number of nitrogens with one attached hydrogen (secondary N) is 1. The van der Waals surface area contributed by atoms with E-state index in [2.05, 4.69) is 5.32 Å². The largest absolute Gasteiger partial charge is 0.489 e. The van der Waals surface area contributed by atoms with E-state index in [-0.39, 0.29) is 5.78 Å². The molecule has 0 fully saturated rings. The molecule has 0 saturated carbocycles. The molecule has 0 saturated heterocycles. The van der Waals surface area contributed by atoms with Crippen molar-refractivity contribution in [2.45, 2.75) is 26.4 Å². The minimum Gasteiger partial charge on any atom is -0.489 e. The van der Waals surface area contributed by atoms with E-state index in [1.165, 1.54) is 12.7 Å². The number of esters is 1. The number of dihydropyridines is 1. The molecule has 1 atom stereocenters. The first-order chi connectivity index (χ1) is 16.5. The number of carbonyl (C=O) groups is 2. The Hall–Kier alpha value is -4.12. The molecule has 1 N–H and O–H groups in total. The first-order valence-corrected chi connectivity index (χ1v) is 11.2. The summed E-state index contributed by atoms with van der Waals surface area (Å²) in [5.41, 5.74) is 6.79. The summed E-state index contributed by atoms with van der Waals surface area (Å²) in [7, 11) is 1.36. The van der Waals surface area contributed by atoms with E-state index < -0.39 is 11.9 Å². The van der Waals surface area contributed by atoms with Crippen LogP contribution in [0, 0.1) is 6.92 Å². The van der Waals surface area contributed by atoms with E-state index in [0.717, 1.165) is 22.4 Å². The molecule has 5 nitrogen and oxygen atoms in total. The zero-order chi connectivity index (χ0) is 23.8. The van der Waals surface area contributed by atoms with Crippen molar-refractivity contribution >= 4 is 17.4 Å². The number of methoxy groups -OCH3 is 1. The van der Waals surface area contributed by atoms with Crippen LogP contribution >= 0.6 is 0 Å². The zero-order valence-corrected chi connectivity index (χ0v) is 19.3. The van der Waals surface area contributed by atoms with Crippen molar-refractivity contribution in [1.82, 2.24) is 5.32 Å². The van der Waals surface area contributed by atoms with Gasteiger partial charge in [-0.2, -0.15) is 0 Å². The summed E-state index contributed by atoms with van der Waals surface area (Å²) in [5, 5.41) is 3.31. The average Bonchev–Trinajstić information content (AvgIpc) is 3.14. The second-order valence-electron chi connectivity index (χ2n) is 8.56. The Balaban J connectivity index is 1.61. The fraction of sp³-hybridized carbons (Fsp3) is 0.172. The van der Waals surface area contributed by atoms with Crippen molar-refractivity contribution in [1.29, 1.82) is 0 Å². The number of benzene rings is 3. The van der Waals surface area contributed by atoms with Crippen LogP contribution in [0.4, 0.5) is 0 Å². The van der Waals surface area contributed by atoms with E-state index in [4.69, 9.17) is 9.47 Å². The van der Waals surface area contributed by atoms with Gasteiger partial charge in [0.25, 0.3) is 0 Å². The number of para-hydroxylation sites is 1. The highest BCUT2D eigenvalue weighted by atomic mass is 16.5. The van der Waals surface area contributed by atoms with Crippen LogP contribution in [0.25, 0.3) is 5.70 Å². The standard InChI is InChI=1S/C29H25NO4/c1-17-12-14-19(15-13-17)16-34-23-11-7-6-10-22(23)25-24(29(32)33-3)18(2)30-27-20-8-4-5-9-21(20)28(31)26(25)27/h4-15,25,30H,16H2,1-3H3. The number of ketones is 1. The molecule has 0 radical (unpaired) electrons. The number of allylic oxidation sites excluding steroid dienone is 2. The third-order valence-corrected chi connectivity index (χ3v) is 6.40. The number of rotatable bonds is 5. The van der Waals surface area contributed by atoms with Crippen LogP contribution in [-0.4, -0.2) is 18.9 Å². The highest BCUT2D eigenvalue weighted by molar-refractivity contribution is 6.23. The van der Waals surface area contributed by atoms with Crippen molar-refractivity contribution < 1.29 is 19.1 Å². The molecular formula is C29H25NO4. The summed E-state index contributed by atoms with van der Waals surface area (Å²) in [4.78, 5) is 26.5. The second kappa shape index (κ2) is 8.67. The lowest BCUT2D eigenvalue weighted by Gasteiger charge is -2.30. The van der Waals surface area contributed by atoms with Gasteiger partial charge < -0.3 is 14.8 Å². The molecule has 1 aliphatic heterocycles. The van der Waals surface area contributed by atoms with Gasteiger partial charge in [0.05, 0.1) is 24.3 Å².